The third-order valence-corrected chi connectivity index (χ3v) is 6.59. The second-order valence-corrected chi connectivity index (χ2v) is 9.07. The minimum absolute atomic E-state index is 0.0828. The normalized spacial score (nSPS) is 13.5. The van der Waals surface area contributed by atoms with Crippen LogP contribution in [0.25, 0.3) is 0 Å². The molecule has 0 saturated heterocycles. The number of rotatable bonds is 6. The summed E-state index contributed by atoms with van der Waals surface area (Å²) in [4.78, 5) is 23.7. The molecule has 1 aliphatic heterocycles. The van der Waals surface area contributed by atoms with Crippen LogP contribution in [0.4, 0.5) is 10.1 Å². The van der Waals surface area contributed by atoms with Crippen LogP contribution in [0.5, 0.6) is 5.75 Å². The number of thioether (sulfide) groups is 1. The maximum absolute atomic E-state index is 13.9. The number of aliphatic carboxylic acids is 1. The SMILES string of the molecule is O=C(O)C1=C(C(=O)Nc2cc(Br)c(OCc3c(F)cccc3Cl)c(Br)c2)CSC1. The highest BCUT2D eigenvalue weighted by atomic mass is 79.9. The fourth-order valence-electron chi connectivity index (χ4n) is 2.61. The number of amides is 1. The number of hydrogen-bond donors (Lipinski definition) is 2. The van der Waals surface area contributed by atoms with E-state index >= 15 is 0 Å². The molecule has 0 aromatic heterocycles. The summed E-state index contributed by atoms with van der Waals surface area (Å²) in [7, 11) is 0. The van der Waals surface area contributed by atoms with Crippen LogP contribution in [0.15, 0.2) is 50.4 Å². The zero-order valence-electron chi connectivity index (χ0n) is 14.6. The third-order valence-electron chi connectivity index (χ3n) is 4.07. The van der Waals surface area contributed by atoms with Gasteiger partial charge in [0, 0.05) is 28.3 Å². The summed E-state index contributed by atoms with van der Waals surface area (Å²) in [5.41, 5.74) is 1.05. The number of halogens is 4. The van der Waals surface area contributed by atoms with Crippen molar-refractivity contribution in [3.63, 3.8) is 0 Å². The first-order valence-electron chi connectivity index (χ1n) is 8.17. The first kappa shape index (κ1) is 22.1. The van der Waals surface area contributed by atoms with Gasteiger partial charge in [-0.25, -0.2) is 9.18 Å². The average Bonchev–Trinajstić information content (AvgIpc) is 3.13. The Morgan fingerprint density at radius 1 is 1.21 bits per heavy atom. The van der Waals surface area contributed by atoms with Gasteiger partial charge in [-0.05, 0) is 56.1 Å². The van der Waals surface area contributed by atoms with E-state index < -0.39 is 17.7 Å². The number of hydrogen-bond acceptors (Lipinski definition) is 4. The highest BCUT2D eigenvalue weighted by Gasteiger charge is 2.26. The van der Waals surface area contributed by atoms with Gasteiger partial charge in [0.2, 0.25) is 0 Å². The Balaban J connectivity index is 1.77. The maximum atomic E-state index is 13.9. The topological polar surface area (TPSA) is 75.6 Å². The minimum atomic E-state index is -1.09. The monoisotopic (exact) mass is 563 g/mol. The zero-order chi connectivity index (χ0) is 21.1. The van der Waals surface area contributed by atoms with Crippen molar-refractivity contribution in [3.8, 4) is 5.75 Å². The van der Waals surface area contributed by atoms with Crippen LogP contribution in [0.3, 0.4) is 0 Å². The first-order valence-corrected chi connectivity index (χ1v) is 11.3. The zero-order valence-corrected chi connectivity index (χ0v) is 19.3. The molecule has 10 heteroatoms. The van der Waals surface area contributed by atoms with Gasteiger partial charge in [0.25, 0.3) is 5.91 Å². The fourth-order valence-corrected chi connectivity index (χ4v) is 5.36. The second kappa shape index (κ2) is 9.51. The van der Waals surface area contributed by atoms with Crippen molar-refractivity contribution >= 4 is 72.8 Å². The number of carbonyl (C=O) groups is 2. The number of ether oxygens (including phenoxy) is 1. The summed E-state index contributed by atoms with van der Waals surface area (Å²) in [6.45, 7) is -0.0828. The van der Waals surface area contributed by atoms with Gasteiger partial charge in [-0.1, -0.05) is 17.7 Å². The third kappa shape index (κ3) is 5.14. The molecule has 0 fully saturated rings. The van der Waals surface area contributed by atoms with Crippen molar-refractivity contribution in [2.45, 2.75) is 6.61 Å². The molecule has 2 aromatic rings. The van der Waals surface area contributed by atoms with Gasteiger partial charge in [0.05, 0.1) is 19.5 Å². The Hall–Kier alpha value is -1.55. The predicted molar refractivity (Wildman–Crippen MR) is 118 cm³/mol. The summed E-state index contributed by atoms with van der Waals surface area (Å²) < 4.78 is 20.7. The van der Waals surface area contributed by atoms with E-state index in [2.05, 4.69) is 37.2 Å². The summed E-state index contributed by atoms with van der Waals surface area (Å²) in [6, 6.07) is 7.62. The molecule has 0 unspecified atom stereocenters. The lowest BCUT2D eigenvalue weighted by Crippen LogP contribution is -2.18. The lowest BCUT2D eigenvalue weighted by Gasteiger charge is -2.14. The van der Waals surface area contributed by atoms with Gasteiger partial charge in [-0.2, -0.15) is 11.8 Å². The van der Waals surface area contributed by atoms with Crippen LogP contribution in [0.1, 0.15) is 5.56 Å². The molecular weight excluding hydrogens is 553 g/mol. The molecule has 152 valence electrons. The molecule has 3 rings (SSSR count). The van der Waals surface area contributed by atoms with Crippen molar-refractivity contribution in [2.24, 2.45) is 0 Å². The molecular formula is C19H13Br2ClFNO4S. The van der Waals surface area contributed by atoms with Gasteiger partial charge >= 0.3 is 5.97 Å². The second-order valence-electron chi connectivity index (χ2n) is 5.97. The van der Waals surface area contributed by atoms with E-state index in [4.69, 9.17) is 16.3 Å². The van der Waals surface area contributed by atoms with Crippen LogP contribution in [0.2, 0.25) is 5.02 Å². The molecule has 2 N–H and O–H groups in total. The molecule has 0 radical (unpaired) electrons. The highest BCUT2D eigenvalue weighted by Crippen LogP contribution is 2.38. The van der Waals surface area contributed by atoms with E-state index in [-0.39, 0.29) is 28.3 Å². The van der Waals surface area contributed by atoms with E-state index in [1.807, 2.05) is 0 Å². The largest absolute Gasteiger partial charge is 0.486 e. The van der Waals surface area contributed by atoms with Crippen LogP contribution < -0.4 is 10.1 Å². The van der Waals surface area contributed by atoms with E-state index in [0.717, 1.165) is 0 Å². The molecule has 1 aliphatic rings. The minimum Gasteiger partial charge on any atom is -0.486 e. The Bertz CT molecular complexity index is 988. The molecule has 0 bridgehead atoms. The van der Waals surface area contributed by atoms with E-state index in [0.29, 0.717) is 31.9 Å². The van der Waals surface area contributed by atoms with Crippen molar-refractivity contribution in [1.29, 1.82) is 0 Å². The first-order chi connectivity index (χ1) is 13.8. The molecule has 1 heterocycles. The summed E-state index contributed by atoms with van der Waals surface area (Å²) in [5, 5.41) is 12.2. The van der Waals surface area contributed by atoms with Crippen LogP contribution in [-0.2, 0) is 16.2 Å². The lowest BCUT2D eigenvalue weighted by molar-refractivity contribution is -0.132. The Morgan fingerprint density at radius 3 is 2.48 bits per heavy atom. The van der Waals surface area contributed by atoms with Crippen LogP contribution >= 0.6 is 55.2 Å². The van der Waals surface area contributed by atoms with E-state index in [1.165, 1.54) is 23.9 Å². The Kier molecular flexibility index (Phi) is 7.26. The standard InChI is InChI=1S/C19H13Br2ClFNO4S/c20-13-4-9(24-18(25)11-7-29-8-12(11)19(26)27)5-14(21)17(13)28-6-10-15(22)2-1-3-16(10)23/h1-5H,6-8H2,(H,24,25)(H,26,27). The van der Waals surface area contributed by atoms with Gasteiger partial charge in [-0.3, -0.25) is 4.79 Å². The molecule has 5 nitrogen and oxygen atoms in total. The van der Waals surface area contributed by atoms with Crippen molar-refractivity contribution in [2.75, 3.05) is 16.8 Å². The van der Waals surface area contributed by atoms with Gasteiger partial charge in [0.15, 0.2) is 0 Å². The quantitative estimate of drug-likeness (QED) is 0.474. The van der Waals surface area contributed by atoms with Crippen LogP contribution in [-0.4, -0.2) is 28.5 Å². The number of carboxylic acids is 1. The summed E-state index contributed by atoms with van der Waals surface area (Å²) >= 11 is 14.1. The van der Waals surface area contributed by atoms with Gasteiger partial charge in [-0.15, -0.1) is 0 Å². The maximum Gasteiger partial charge on any atom is 0.332 e. The van der Waals surface area contributed by atoms with Crippen molar-refractivity contribution < 1.29 is 23.8 Å². The van der Waals surface area contributed by atoms with Gasteiger partial charge < -0.3 is 15.2 Å². The molecule has 0 atom stereocenters. The van der Waals surface area contributed by atoms with E-state index in [1.54, 1.807) is 18.2 Å². The summed E-state index contributed by atoms with van der Waals surface area (Å²) in [6.07, 6.45) is 0. The Morgan fingerprint density at radius 2 is 1.86 bits per heavy atom. The average molecular weight is 566 g/mol. The number of nitrogens with one attached hydrogen (secondary N) is 1. The number of carbonyl (C=O) groups excluding carboxylic acids is 1. The predicted octanol–water partition coefficient (Wildman–Crippen LogP) is 5.65. The number of anilines is 1. The molecule has 2 aromatic carbocycles. The molecule has 0 aliphatic carbocycles. The molecule has 0 saturated carbocycles. The highest BCUT2D eigenvalue weighted by molar-refractivity contribution is 9.11. The van der Waals surface area contributed by atoms with Crippen molar-refractivity contribution in [1.82, 2.24) is 0 Å². The molecule has 0 spiro atoms. The van der Waals surface area contributed by atoms with Gasteiger partial charge in [0.1, 0.15) is 18.2 Å². The number of benzene rings is 2. The molecule has 29 heavy (non-hydrogen) atoms. The smallest absolute Gasteiger partial charge is 0.332 e. The number of carboxylic acid groups (broad SMARTS) is 1. The molecule has 1 amide bonds. The van der Waals surface area contributed by atoms with Crippen LogP contribution in [0, 0.1) is 5.82 Å². The van der Waals surface area contributed by atoms with Crippen molar-refractivity contribution in [3.05, 3.63) is 66.8 Å². The fraction of sp³-hybridized carbons (Fsp3) is 0.158. The van der Waals surface area contributed by atoms with E-state index in [9.17, 15) is 19.1 Å². The Labute approximate surface area is 191 Å². The summed E-state index contributed by atoms with van der Waals surface area (Å²) in [5.74, 6) is -0.956. The lowest BCUT2D eigenvalue weighted by atomic mass is 10.1.